The first-order valence-electron chi connectivity index (χ1n) is 15.0. The van der Waals surface area contributed by atoms with Gasteiger partial charge in [-0.3, -0.25) is 0 Å². The monoisotopic (exact) mass is 562 g/mol. The van der Waals surface area contributed by atoms with E-state index in [0.29, 0.717) is 0 Å². The Kier molecular flexibility index (Phi) is 6.51. The van der Waals surface area contributed by atoms with Crippen LogP contribution in [0.25, 0.3) is 60.9 Å². The normalized spacial score (nSPS) is 11.2. The van der Waals surface area contributed by atoms with Crippen molar-refractivity contribution in [1.82, 2.24) is 4.57 Å². The zero-order valence-electron chi connectivity index (χ0n) is 24.2. The zero-order chi connectivity index (χ0) is 29.3. The lowest BCUT2D eigenvalue weighted by molar-refractivity contribution is 1.18. The molecule has 0 amide bonds. The number of benzene rings is 7. The van der Waals surface area contributed by atoms with E-state index in [1.54, 1.807) is 0 Å². The molecule has 1 heterocycles. The van der Waals surface area contributed by atoms with Crippen molar-refractivity contribution >= 4 is 33.2 Å². The third kappa shape index (κ3) is 4.73. The smallest absolute Gasteiger partial charge is 0.0547 e. The number of fused-ring (bicyclic) bond motifs is 3. The molecule has 0 radical (unpaired) electrons. The van der Waals surface area contributed by atoms with Gasteiger partial charge in [-0.05, 0) is 88.0 Å². The van der Waals surface area contributed by atoms with Crippen LogP contribution in [0.4, 0.5) is 11.4 Å². The van der Waals surface area contributed by atoms with Gasteiger partial charge in [0.2, 0.25) is 0 Å². The van der Waals surface area contributed by atoms with Crippen molar-refractivity contribution in [1.29, 1.82) is 0 Å². The van der Waals surface area contributed by atoms with Crippen molar-refractivity contribution < 1.29 is 0 Å². The Bertz CT molecular complexity index is 2210. The first-order chi connectivity index (χ1) is 21.8. The Hall–Kier alpha value is -5.86. The van der Waals surface area contributed by atoms with E-state index in [1.165, 1.54) is 60.9 Å². The maximum Gasteiger partial charge on any atom is 0.0547 e. The quantitative estimate of drug-likeness (QED) is 0.213. The van der Waals surface area contributed by atoms with Crippen molar-refractivity contribution in [2.45, 2.75) is 0 Å². The molecule has 0 bridgehead atoms. The number of aromatic nitrogens is 1. The Balaban J connectivity index is 1.11. The minimum atomic E-state index is 1.07. The summed E-state index contributed by atoms with van der Waals surface area (Å²) in [6.07, 6.45) is 0. The van der Waals surface area contributed by atoms with Gasteiger partial charge >= 0.3 is 0 Å². The standard InChI is InChI=1S/C42H30N2/c1-3-11-30(12-4-1)31-21-25-35(26-22-31)43-36-27-23-32(24-28-36)33-13-9-14-34(29-33)38-18-10-20-41-42(38)39-17-7-8-19-40(39)44(41)37-15-5-2-6-16-37/h1-29,43H. The largest absolute Gasteiger partial charge is 0.356 e. The van der Waals surface area contributed by atoms with E-state index in [2.05, 4.69) is 180 Å². The Morgan fingerprint density at radius 2 is 0.886 bits per heavy atom. The van der Waals surface area contributed by atoms with E-state index in [1.807, 2.05) is 6.07 Å². The van der Waals surface area contributed by atoms with Crippen LogP contribution < -0.4 is 5.32 Å². The molecule has 1 aromatic heterocycles. The van der Waals surface area contributed by atoms with Gasteiger partial charge in [0, 0.05) is 27.8 Å². The third-order valence-corrected chi connectivity index (χ3v) is 8.38. The van der Waals surface area contributed by atoms with Crippen molar-refractivity contribution in [3.05, 3.63) is 176 Å². The van der Waals surface area contributed by atoms with Gasteiger partial charge in [0.05, 0.1) is 11.0 Å². The summed E-state index contributed by atoms with van der Waals surface area (Å²) in [5.74, 6) is 0. The van der Waals surface area contributed by atoms with Gasteiger partial charge in [0.25, 0.3) is 0 Å². The van der Waals surface area contributed by atoms with Gasteiger partial charge < -0.3 is 9.88 Å². The van der Waals surface area contributed by atoms with Crippen LogP contribution in [0, 0.1) is 0 Å². The molecular weight excluding hydrogens is 532 g/mol. The molecule has 2 heteroatoms. The molecule has 7 aromatic carbocycles. The third-order valence-electron chi connectivity index (χ3n) is 8.38. The summed E-state index contributed by atoms with van der Waals surface area (Å²) in [7, 11) is 0. The molecule has 8 rings (SSSR count). The van der Waals surface area contributed by atoms with Crippen molar-refractivity contribution in [3.63, 3.8) is 0 Å². The minimum Gasteiger partial charge on any atom is -0.356 e. The Labute approximate surface area is 257 Å². The fraction of sp³-hybridized carbons (Fsp3) is 0. The molecule has 1 N–H and O–H groups in total. The summed E-state index contributed by atoms with van der Waals surface area (Å²) < 4.78 is 2.37. The van der Waals surface area contributed by atoms with Crippen LogP contribution in [0.1, 0.15) is 0 Å². The first-order valence-corrected chi connectivity index (χ1v) is 15.0. The number of para-hydroxylation sites is 2. The van der Waals surface area contributed by atoms with Gasteiger partial charge in [0.1, 0.15) is 0 Å². The molecule has 208 valence electrons. The van der Waals surface area contributed by atoms with E-state index in [0.717, 1.165) is 11.4 Å². The number of anilines is 2. The number of hydrogen-bond acceptors (Lipinski definition) is 1. The lowest BCUT2D eigenvalue weighted by Crippen LogP contribution is -1.93. The molecule has 0 saturated carbocycles. The molecule has 0 atom stereocenters. The highest BCUT2D eigenvalue weighted by Gasteiger charge is 2.16. The van der Waals surface area contributed by atoms with Gasteiger partial charge in [0.15, 0.2) is 0 Å². The highest BCUT2D eigenvalue weighted by Crippen LogP contribution is 2.39. The topological polar surface area (TPSA) is 17.0 Å². The Morgan fingerprint density at radius 3 is 1.61 bits per heavy atom. The molecule has 0 unspecified atom stereocenters. The fourth-order valence-corrected chi connectivity index (χ4v) is 6.27. The van der Waals surface area contributed by atoms with Crippen LogP contribution in [0.2, 0.25) is 0 Å². The summed E-state index contributed by atoms with van der Waals surface area (Å²) in [4.78, 5) is 0. The second-order valence-corrected chi connectivity index (χ2v) is 11.1. The van der Waals surface area contributed by atoms with Gasteiger partial charge in [-0.2, -0.15) is 0 Å². The van der Waals surface area contributed by atoms with Gasteiger partial charge in [-0.1, -0.05) is 121 Å². The SMILES string of the molecule is c1ccc(-c2ccc(Nc3ccc(-c4cccc(-c5cccc6c5c5ccccc5n6-c5ccccc5)c4)cc3)cc2)cc1. The number of rotatable bonds is 6. The molecule has 0 saturated heterocycles. The lowest BCUT2D eigenvalue weighted by atomic mass is 9.96. The van der Waals surface area contributed by atoms with Crippen molar-refractivity contribution in [3.8, 4) is 39.1 Å². The highest BCUT2D eigenvalue weighted by molar-refractivity contribution is 6.15. The summed E-state index contributed by atoms with van der Waals surface area (Å²) in [6.45, 7) is 0. The highest BCUT2D eigenvalue weighted by atomic mass is 15.0. The summed E-state index contributed by atoms with van der Waals surface area (Å²) in [5, 5.41) is 6.09. The molecule has 0 aliphatic heterocycles. The van der Waals surface area contributed by atoms with E-state index < -0.39 is 0 Å². The fourth-order valence-electron chi connectivity index (χ4n) is 6.27. The zero-order valence-corrected chi connectivity index (χ0v) is 24.2. The van der Waals surface area contributed by atoms with E-state index >= 15 is 0 Å². The first kappa shape index (κ1) is 25.8. The maximum absolute atomic E-state index is 3.55. The number of nitrogens with one attached hydrogen (secondary N) is 1. The second-order valence-electron chi connectivity index (χ2n) is 11.1. The van der Waals surface area contributed by atoms with Crippen LogP contribution in [0.5, 0.6) is 0 Å². The van der Waals surface area contributed by atoms with Crippen molar-refractivity contribution in [2.24, 2.45) is 0 Å². The van der Waals surface area contributed by atoms with Crippen LogP contribution in [0.15, 0.2) is 176 Å². The molecule has 2 nitrogen and oxygen atoms in total. The minimum absolute atomic E-state index is 1.07. The molecule has 0 aliphatic carbocycles. The number of hydrogen-bond donors (Lipinski definition) is 1. The Morgan fingerprint density at radius 1 is 0.364 bits per heavy atom. The van der Waals surface area contributed by atoms with Crippen molar-refractivity contribution in [2.75, 3.05) is 5.32 Å². The van der Waals surface area contributed by atoms with E-state index in [4.69, 9.17) is 0 Å². The molecule has 0 aliphatic rings. The molecule has 44 heavy (non-hydrogen) atoms. The van der Waals surface area contributed by atoms with Crippen LogP contribution in [0.3, 0.4) is 0 Å². The maximum atomic E-state index is 3.55. The second kappa shape index (κ2) is 11.1. The van der Waals surface area contributed by atoms with E-state index in [-0.39, 0.29) is 0 Å². The molecule has 8 aromatic rings. The van der Waals surface area contributed by atoms with E-state index in [9.17, 15) is 0 Å². The van der Waals surface area contributed by atoms with Crippen LogP contribution in [-0.4, -0.2) is 4.57 Å². The lowest BCUT2D eigenvalue weighted by Gasteiger charge is -2.11. The van der Waals surface area contributed by atoms with Crippen LogP contribution in [-0.2, 0) is 0 Å². The molecule has 0 spiro atoms. The molecular formula is C42H30N2. The summed E-state index contributed by atoms with van der Waals surface area (Å²) >= 11 is 0. The summed E-state index contributed by atoms with van der Waals surface area (Å²) in [6, 6.07) is 62.7. The average molecular weight is 563 g/mol. The van der Waals surface area contributed by atoms with Crippen LogP contribution >= 0.6 is 0 Å². The number of nitrogens with zero attached hydrogens (tertiary/aromatic N) is 1. The van der Waals surface area contributed by atoms with Gasteiger partial charge in [-0.25, -0.2) is 0 Å². The summed E-state index contributed by atoms with van der Waals surface area (Å²) in [5.41, 5.74) is 13.0. The van der Waals surface area contributed by atoms with Gasteiger partial charge in [-0.15, -0.1) is 0 Å². The average Bonchev–Trinajstić information content (AvgIpc) is 3.44. The predicted octanol–water partition coefficient (Wildman–Crippen LogP) is 11.5. The molecule has 0 fully saturated rings. The predicted molar refractivity (Wildman–Crippen MR) is 187 cm³/mol.